The number of nitrogens with zero attached hydrogens (tertiary/aromatic N) is 1. The Labute approximate surface area is 193 Å². The number of ether oxygens (including phenoxy) is 1. The highest BCUT2D eigenvalue weighted by atomic mass is 16.5. The van der Waals surface area contributed by atoms with Crippen molar-refractivity contribution >= 4 is 17.6 Å². The maximum absolute atomic E-state index is 13.5. The standard InChI is InChI=1S/C25H30N4O4/c1-33-21-14-25(32,13-16-5-3-2-4-6-16)24(31)29-19(21)11-12-20(29)23(30)28-15-17-7-9-18(10-8-17)22(26)27/h2-10,19-21,32H,11-15H2,1H3,(H3,26,27)(H,28,30)/t19-,20-,21?,25-/m0/s1. The molecule has 5 N–H and O–H groups in total. The molecule has 0 bridgehead atoms. The second kappa shape index (κ2) is 9.33. The summed E-state index contributed by atoms with van der Waals surface area (Å²) in [5.74, 6) is -0.671. The highest BCUT2D eigenvalue weighted by Gasteiger charge is 2.56. The first-order valence-corrected chi connectivity index (χ1v) is 11.2. The quantitative estimate of drug-likeness (QED) is 0.374. The van der Waals surface area contributed by atoms with Crippen LogP contribution in [0.4, 0.5) is 0 Å². The number of nitrogen functional groups attached to an aromatic ring is 1. The van der Waals surface area contributed by atoms with E-state index in [0.29, 0.717) is 24.9 Å². The van der Waals surface area contributed by atoms with Crippen LogP contribution in [0.3, 0.4) is 0 Å². The highest BCUT2D eigenvalue weighted by molar-refractivity contribution is 5.95. The van der Waals surface area contributed by atoms with E-state index in [4.69, 9.17) is 15.9 Å². The number of fused-ring (bicyclic) bond motifs is 1. The fourth-order valence-electron chi connectivity index (χ4n) is 4.98. The van der Waals surface area contributed by atoms with Gasteiger partial charge in [0.05, 0.1) is 12.1 Å². The number of benzene rings is 2. The average Bonchev–Trinajstić information content (AvgIpc) is 3.26. The second-order valence-electron chi connectivity index (χ2n) is 8.87. The monoisotopic (exact) mass is 450 g/mol. The maximum atomic E-state index is 13.5. The largest absolute Gasteiger partial charge is 0.384 e. The van der Waals surface area contributed by atoms with Gasteiger partial charge in [0.25, 0.3) is 5.91 Å². The van der Waals surface area contributed by atoms with Crippen molar-refractivity contribution < 1.29 is 19.4 Å². The van der Waals surface area contributed by atoms with Gasteiger partial charge in [-0.2, -0.15) is 0 Å². The first-order valence-electron chi connectivity index (χ1n) is 11.2. The first-order chi connectivity index (χ1) is 15.8. The van der Waals surface area contributed by atoms with E-state index < -0.39 is 17.6 Å². The fourth-order valence-corrected chi connectivity index (χ4v) is 4.98. The maximum Gasteiger partial charge on any atom is 0.256 e. The van der Waals surface area contributed by atoms with Gasteiger partial charge in [-0.05, 0) is 24.0 Å². The van der Waals surface area contributed by atoms with E-state index in [1.54, 1.807) is 36.3 Å². The molecule has 1 unspecified atom stereocenters. The Hall–Kier alpha value is -3.23. The normalized spacial score (nSPS) is 26.7. The second-order valence-corrected chi connectivity index (χ2v) is 8.87. The van der Waals surface area contributed by atoms with E-state index >= 15 is 0 Å². The molecule has 2 aliphatic heterocycles. The lowest BCUT2D eigenvalue weighted by Gasteiger charge is -2.46. The first kappa shape index (κ1) is 22.9. The molecular weight excluding hydrogens is 420 g/mol. The lowest BCUT2D eigenvalue weighted by atomic mass is 9.81. The zero-order valence-corrected chi connectivity index (χ0v) is 18.7. The number of aliphatic hydroxyl groups is 1. The zero-order valence-electron chi connectivity index (χ0n) is 18.7. The summed E-state index contributed by atoms with van der Waals surface area (Å²) in [6.45, 7) is 0.294. The molecule has 2 heterocycles. The minimum Gasteiger partial charge on any atom is -0.384 e. The minimum absolute atomic E-state index is 0.0121. The van der Waals surface area contributed by atoms with Crippen molar-refractivity contribution in [2.24, 2.45) is 5.73 Å². The van der Waals surface area contributed by atoms with Crippen LogP contribution in [0, 0.1) is 5.41 Å². The Kier molecular flexibility index (Phi) is 6.49. The summed E-state index contributed by atoms with van der Waals surface area (Å²) in [6.07, 6.45) is 1.21. The number of amidine groups is 1. The van der Waals surface area contributed by atoms with Crippen LogP contribution in [0.15, 0.2) is 54.6 Å². The molecule has 33 heavy (non-hydrogen) atoms. The molecular formula is C25H30N4O4. The molecule has 0 saturated carbocycles. The van der Waals surface area contributed by atoms with Crippen molar-refractivity contribution in [3.63, 3.8) is 0 Å². The van der Waals surface area contributed by atoms with Gasteiger partial charge in [0.15, 0.2) is 0 Å². The summed E-state index contributed by atoms with van der Waals surface area (Å²) < 4.78 is 5.66. The van der Waals surface area contributed by atoms with E-state index in [9.17, 15) is 14.7 Å². The number of methoxy groups -OCH3 is 1. The molecule has 8 heteroatoms. The fraction of sp³-hybridized carbons (Fsp3) is 0.400. The van der Waals surface area contributed by atoms with Crippen molar-refractivity contribution in [1.29, 1.82) is 5.41 Å². The Bertz CT molecular complexity index is 1030. The summed E-state index contributed by atoms with van der Waals surface area (Å²) >= 11 is 0. The number of piperidine rings is 1. The van der Waals surface area contributed by atoms with Gasteiger partial charge in [-0.3, -0.25) is 15.0 Å². The molecule has 0 spiro atoms. The number of hydrogen-bond donors (Lipinski definition) is 4. The van der Waals surface area contributed by atoms with E-state index in [-0.39, 0.29) is 36.7 Å². The summed E-state index contributed by atoms with van der Waals surface area (Å²) in [6, 6.07) is 15.6. The van der Waals surface area contributed by atoms with E-state index in [0.717, 1.165) is 11.1 Å². The predicted octanol–water partition coefficient (Wildman–Crippen LogP) is 1.34. The Morgan fingerprint density at radius 2 is 1.88 bits per heavy atom. The van der Waals surface area contributed by atoms with Gasteiger partial charge in [-0.15, -0.1) is 0 Å². The van der Waals surface area contributed by atoms with Crippen LogP contribution in [-0.4, -0.2) is 58.6 Å². The molecule has 2 fully saturated rings. The number of rotatable bonds is 7. The van der Waals surface area contributed by atoms with Gasteiger partial charge >= 0.3 is 0 Å². The third kappa shape index (κ3) is 4.62. The number of nitrogens with two attached hydrogens (primary N) is 1. The molecule has 2 amide bonds. The predicted molar refractivity (Wildman–Crippen MR) is 123 cm³/mol. The van der Waals surface area contributed by atoms with Crippen LogP contribution >= 0.6 is 0 Å². The number of hydrogen-bond acceptors (Lipinski definition) is 5. The van der Waals surface area contributed by atoms with Gasteiger partial charge in [-0.25, -0.2) is 0 Å². The van der Waals surface area contributed by atoms with Gasteiger partial charge in [0, 0.05) is 32.1 Å². The van der Waals surface area contributed by atoms with Crippen LogP contribution in [0.2, 0.25) is 0 Å². The van der Waals surface area contributed by atoms with E-state index in [1.807, 2.05) is 30.3 Å². The van der Waals surface area contributed by atoms with Gasteiger partial charge in [-0.1, -0.05) is 54.6 Å². The molecule has 8 nitrogen and oxygen atoms in total. The number of carbonyl (C=O) groups is 2. The lowest BCUT2D eigenvalue weighted by molar-refractivity contribution is -0.175. The van der Waals surface area contributed by atoms with Crippen molar-refractivity contribution in [3.8, 4) is 0 Å². The molecule has 0 aromatic heterocycles. The van der Waals surface area contributed by atoms with E-state index in [1.165, 1.54) is 0 Å². The third-order valence-electron chi connectivity index (χ3n) is 6.71. The number of carbonyl (C=O) groups excluding carboxylic acids is 2. The molecule has 2 saturated heterocycles. The van der Waals surface area contributed by atoms with Crippen molar-refractivity contribution in [1.82, 2.24) is 10.2 Å². The van der Waals surface area contributed by atoms with Crippen LogP contribution < -0.4 is 11.1 Å². The molecule has 2 aliphatic rings. The summed E-state index contributed by atoms with van der Waals surface area (Å²) in [5, 5.41) is 21.8. The van der Waals surface area contributed by atoms with Gasteiger partial charge in [0.2, 0.25) is 5.91 Å². The molecule has 2 aromatic carbocycles. The average molecular weight is 451 g/mol. The summed E-state index contributed by atoms with van der Waals surface area (Å²) in [7, 11) is 1.58. The molecule has 2 aromatic rings. The third-order valence-corrected chi connectivity index (χ3v) is 6.71. The topological polar surface area (TPSA) is 129 Å². The van der Waals surface area contributed by atoms with Crippen molar-refractivity contribution in [3.05, 3.63) is 71.3 Å². The van der Waals surface area contributed by atoms with Crippen molar-refractivity contribution in [2.45, 2.75) is 56.0 Å². The van der Waals surface area contributed by atoms with Gasteiger partial charge in [0.1, 0.15) is 17.5 Å². The van der Waals surface area contributed by atoms with Crippen LogP contribution in [0.5, 0.6) is 0 Å². The highest BCUT2D eigenvalue weighted by Crippen LogP contribution is 2.39. The molecule has 4 atom stereocenters. The Morgan fingerprint density at radius 3 is 2.52 bits per heavy atom. The Balaban J connectivity index is 1.48. The number of amides is 2. The Morgan fingerprint density at radius 1 is 1.18 bits per heavy atom. The minimum atomic E-state index is -1.62. The van der Waals surface area contributed by atoms with Crippen LogP contribution in [0.25, 0.3) is 0 Å². The van der Waals surface area contributed by atoms with Crippen LogP contribution in [0.1, 0.15) is 36.0 Å². The molecule has 4 rings (SSSR count). The van der Waals surface area contributed by atoms with Crippen molar-refractivity contribution in [2.75, 3.05) is 7.11 Å². The van der Waals surface area contributed by atoms with E-state index in [2.05, 4.69) is 5.32 Å². The van der Waals surface area contributed by atoms with Gasteiger partial charge < -0.3 is 25.8 Å². The molecule has 174 valence electrons. The number of nitrogens with one attached hydrogen (secondary N) is 2. The smallest absolute Gasteiger partial charge is 0.256 e. The molecule has 0 radical (unpaired) electrons. The summed E-state index contributed by atoms with van der Waals surface area (Å²) in [4.78, 5) is 28.1. The molecule has 0 aliphatic carbocycles. The SMILES string of the molecule is COC1C[C@@](O)(Cc2ccccc2)C(=O)N2[C@H](C(=O)NCc3ccc(C(=N)N)cc3)CC[C@@H]12. The zero-order chi connectivity index (χ0) is 23.6. The lowest BCUT2D eigenvalue weighted by Crippen LogP contribution is -2.65. The van der Waals surface area contributed by atoms with Crippen LogP contribution in [-0.2, 0) is 27.3 Å². The summed E-state index contributed by atoms with van der Waals surface area (Å²) in [5.41, 5.74) is 6.20.